The van der Waals surface area contributed by atoms with E-state index in [-0.39, 0.29) is 11.8 Å². The summed E-state index contributed by atoms with van der Waals surface area (Å²) in [5.74, 6) is -0.892. The normalized spacial score (nSPS) is 12.2. The number of carbonyl (C=O) groups is 3. The van der Waals surface area contributed by atoms with Crippen molar-refractivity contribution < 1.29 is 19.1 Å². The van der Waals surface area contributed by atoms with Crippen molar-refractivity contribution in [1.82, 2.24) is 10.6 Å². The van der Waals surface area contributed by atoms with Crippen LogP contribution in [0, 0.1) is 0 Å². The Bertz CT molecular complexity index is 588. The molecule has 1 atom stereocenters. The SMILES string of the molecule is CCNC(=O)C(Cc1ccc(C(=O)OC(C)(C)C)cc1)NC(C)=O. The summed E-state index contributed by atoms with van der Waals surface area (Å²) < 4.78 is 5.31. The van der Waals surface area contributed by atoms with Crippen molar-refractivity contribution >= 4 is 17.8 Å². The lowest BCUT2D eigenvalue weighted by molar-refractivity contribution is -0.128. The average Bonchev–Trinajstić information content (AvgIpc) is 2.45. The first kappa shape index (κ1) is 19.7. The maximum absolute atomic E-state index is 12.0. The lowest BCUT2D eigenvalue weighted by Crippen LogP contribution is -2.47. The van der Waals surface area contributed by atoms with Crippen LogP contribution in [0.2, 0.25) is 0 Å². The highest BCUT2D eigenvalue weighted by atomic mass is 16.6. The molecule has 0 aliphatic heterocycles. The molecular weight excluding hydrogens is 308 g/mol. The van der Waals surface area contributed by atoms with Crippen molar-refractivity contribution in [3.05, 3.63) is 35.4 Å². The predicted octanol–water partition coefficient (Wildman–Crippen LogP) is 1.83. The minimum atomic E-state index is -0.644. The summed E-state index contributed by atoms with van der Waals surface area (Å²) in [6.45, 7) is 9.11. The van der Waals surface area contributed by atoms with E-state index >= 15 is 0 Å². The quantitative estimate of drug-likeness (QED) is 0.777. The van der Waals surface area contributed by atoms with Gasteiger partial charge in [-0.3, -0.25) is 9.59 Å². The summed E-state index contributed by atoms with van der Waals surface area (Å²) in [5.41, 5.74) is 0.736. The van der Waals surface area contributed by atoms with Crippen molar-refractivity contribution in [3.8, 4) is 0 Å². The van der Waals surface area contributed by atoms with Crippen molar-refractivity contribution in [2.24, 2.45) is 0 Å². The standard InChI is InChI=1S/C18H26N2O4/c1-6-19-16(22)15(20-12(2)21)11-13-7-9-14(10-8-13)17(23)24-18(3,4)5/h7-10,15H,6,11H2,1-5H3,(H,19,22)(H,20,21). The molecule has 1 unspecified atom stereocenters. The molecule has 0 spiro atoms. The Morgan fingerprint density at radius 1 is 1.12 bits per heavy atom. The lowest BCUT2D eigenvalue weighted by atomic mass is 10.0. The Kier molecular flexibility index (Phi) is 6.95. The molecule has 24 heavy (non-hydrogen) atoms. The molecule has 6 heteroatoms. The first-order chi connectivity index (χ1) is 11.1. The molecule has 2 N–H and O–H groups in total. The highest BCUT2D eigenvalue weighted by Gasteiger charge is 2.20. The number of hydrogen-bond donors (Lipinski definition) is 2. The van der Waals surface area contributed by atoms with Crippen LogP contribution in [0.5, 0.6) is 0 Å². The van der Waals surface area contributed by atoms with Gasteiger partial charge in [0, 0.05) is 19.9 Å². The Labute approximate surface area is 143 Å². The number of hydrogen-bond acceptors (Lipinski definition) is 4. The summed E-state index contributed by atoms with van der Waals surface area (Å²) in [7, 11) is 0. The van der Waals surface area contributed by atoms with Gasteiger partial charge in [0.2, 0.25) is 11.8 Å². The second kappa shape index (κ2) is 8.47. The van der Waals surface area contributed by atoms with Gasteiger partial charge in [-0.25, -0.2) is 4.79 Å². The second-order valence-corrected chi connectivity index (χ2v) is 6.55. The van der Waals surface area contributed by atoms with E-state index in [1.54, 1.807) is 24.3 Å². The number of carbonyl (C=O) groups excluding carboxylic acids is 3. The van der Waals surface area contributed by atoms with Gasteiger partial charge in [-0.15, -0.1) is 0 Å². The van der Waals surface area contributed by atoms with Gasteiger partial charge in [0.1, 0.15) is 11.6 Å². The van der Waals surface area contributed by atoms with Crippen LogP contribution in [0.1, 0.15) is 50.5 Å². The van der Waals surface area contributed by atoms with Gasteiger partial charge in [0.05, 0.1) is 5.56 Å². The van der Waals surface area contributed by atoms with Crippen LogP contribution in [0.15, 0.2) is 24.3 Å². The third-order valence-corrected chi connectivity index (χ3v) is 3.07. The summed E-state index contributed by atoms with van der Waals surface area (Å²) >= 11 is 0. The van der Waals surface area contributed by atoms with E-state index in [0.29, 0.717) is 18.5 Å². The minimum absolute atomic E-state index is 0.232. The highest BCUT2D eigenvalue weighted by Crippen LogP contribution is 2.13. The van der Waals surface area contributed by atoms with Crippen LogP contribution in [0.4, 0.5) is 0 Å². The summed E-state index contributed by atoms with van der Waals surface area (Å²) in [5, 5.41) is 5.34. The van der Waals surface area contributed by atoms with Gasteiger partial charge in [-0.1, -0.05) is 12.1 Å². The first-order valence-corrected chi connectivity index (χ1v) is 7.99. The van der Waals surface area contributed by atoms with E-state index in [4.69, 9.17) is 4.74 Å². The maximum atomic E-state index is 12.0. The Morgan fingerprint density at radius 2 is 1.71 bits per heavy atom. The van der Waals surface area contributed by atoms with Crippen LogP contribution >= 0.6 is 0 Å². The molecule has 0 saturated carbocycles. The summed E-state index contributed by atoms with van der Waals surface area (Å²) in [6.07, 6.45) is 0.347. The van der Waals surface area contributed by atoms with E-state index in [2.05, 4.69) is 10.6 Å². The van der Waals surface area contributed by atoms with Crippen LogP contribution < -0.4 is 10.6 Å². The zero-order valence-electron chi connectivity index (χ0n) is 14.9. The van der Waals surface area contributed by atoms with Crippen LogP contribution in [-0.2, 0) is 20.7 Å². The molecule has 1 rings (SSSR count). The van der Waals surface area contributed by atoms with E-state index in [1.165, 1.54) is 6.92 Å². The molecule has 0 aliphatic rings. The third kappa shape index (κ3) is 6.81. The van der Waals surface area contributed by atoms with Crippen LogP contribution in [0.3, 0.4) is 0 Å². The molecule has 0 bridgehead atoms. The number of amides is 2. The van der Waals surface area contributed by atoms with Gasteiger partial charge in [-0.05, 0) is 45.4 Å². The zero-order chi connectivity index (χ0) is 18.3. The fraction of sp³-hybridized carbons (Fsp3) is 0.500. The Morgan fingerprint density at radius 3 is 2.17 bits per heavy atom. The van der Waals surface area contributed by atoms with E-state index in [0.717, 1.165) is 5.56 Å². The third-order valence-electron chi connectivity index (χ3n) is 3.07. The summed E-state index contributed by atoms with van der Waals surface area (Å²) in [4.78, 5) is 35.3. The molecule has 0 aliphatic carbocycles. The molecule has 0 heterocycles. The van der Waals surface area contributed by atoms with Crippen molar-refractivity contribution in [2.75, 3.05) is 6.54 Å². The molecule has 6 nitrogen and oxygen atoms in total. The van der Waals surface area contributed by atoms with Gasteiger partial charge < -0.3 is 15.4 Å². The maximum Gasteiger partial charge on any atom is 0.338 e. The number of benzene rings is 1. The van der Waals surface area contributed by atoms with Crippen molar-refractivity contribution in [1.29, 1.82) is 0 Å². The van der Waals surface area contributed by atoms with Crippen molar-refractivity contribution in [3.63, 3.8) is 0 Å². The Balaban J connectivity index is 2.81. The number of nitrogens with one attached hydrogen (secondary N) is 2. The number of ether oxygens (including phenoxy) is 1. The molecule has 0 aromatic heterocycles. The molecule has 1 aromatic rings. The number of likely N-dealkylation sites (N-methyl/N-ethyl adjacent to an activating group) is 1. The average molecular weight is 334 g/mol. The fourth-order valence-electron chi connectivity index (χ4n) is 2.10. The number of rotatable bonds is 6. The van der Waals surface area contributed by atoms with Gasteiger partial charge in [-0.2, -0.15) is 0 Å². The molecule has 1 aromatic carbocycles. The van der Waals surface area contributed by atoms with Crippen LogP contribution in [0.25, 0.3) is 0 Å². The largest absolute Gasteiger partial charge is 0.456 e. The monoisotopic (exact) mass is 334 g/mol. The van der Waals surface area contributed by atoms with E-state index in [1.807, 2.05) is 27.7 Å². The predicted molar refractivity (Wildman–Crippen MR) is 91.6 cm³/mol. The van der Waals surface area contributed by atoms with E-state index < -0.39 is 17.6 Å². The van der Waals surface area contributed by atoms with E-state index in [9.17, 15) is 14.4 Å². The van der Waals surface area contributed by atoms with Gasteiger partial charge >= 0.3 is 5.97 Å². The molecule has 132 valence electrons. The topological polar surface area (TPSA) is 84.5 Å². The highest BCUT2D eigenvalue weighted by molar-refractivity contribution is 5.90. The molecule has 2 amide bonds. The van der Waals surface area contributed by atoms with Crippen molar-refractivity contribution in [2.45, 2.75) is 52.7 Å². The second-order valence-electron chi connectivity index (χ2n) is 6.55. The van der Waals surface area contributed by atoms with Gasteiger partial charge in [0.15, 0.2) is 0 Å². The smallest absolute Gasteiger partial charge is 0.338 e. The first-order valence-electron chi connectivity index (χ1n) is 7.99. The zero-order valence-corrected chi connectivity index (χ0v) is 14.9. The molecule has 0 radical (unpaired) electrons. The lowest BCUT2D eigenvalue weighted by Gasteiger charge is -2.20. The minimum Gasteiger partial charge on any atom is -0.456 e. The Hall–Kier alpha value is -2.37. The van der Waals surface area contributed by atoms with Crippen LogP contribution in [-0.4, -0.2) is 36.0 Å². The molecular formula is C18H26N2O4. The molecule has 0 fully saturated rings. The fourth-order valence-corrected chi connectivity index (χ4v) is 2.10. The summed E-state index contributed by atoms with van der Waals surface area (Å²) in [6, 6.07) is 6.19. The number of esters is 1. The van der Waals surface area contributed by atoms with Gasteiger partial charge in [0.25, 0.3) is 0 Å². The molecule has 0 saturated heterocycles.